The van der Waals surface area contributed by atoms with Crippen molar-refractivity contribution in [3.05, 3.63) is 23.8 Å². The molecular formula is C10H12N3O+. The number of carbonyl (C=O) groups excluding carboxylic acids is 1. The molecule has 72 valence electrons. The smallest absolute Gasteiger partial charge is 0.248 e. The number of primary amides is 1. The van der Waals surface area contributed by atoms with Crippen molar-refractivity contribution in [2.24, 2.45) is 10.7 Å². The first-order valence-corrected chi connectivity index (χ1v) is 4.34. The summed E-state index contributed by atoms with van der Waals surface area (Å²) in [5.41, 5.74) is 7.64. The van der Waals surface area contributed by atoms with E-state index in [2.05, 4.69) is 4.99 Å². The Morgan fingerprint density at radius 3 is 2.79 bits per heavy atom. The molecule has 4 nitrogen and oxygen atoms in total. The molecule has 0 aromatic heterocycles. The van der Waals surface area contributed by atoms with E-state index in [0.29, 0.717) is 10.0 Å². The molecule has 1 aromatic rings. The van der Waals surface area contributed by atoms with Crippen molar-refractivity contribution in [3.63, 3.8) is 0 Å². The molecule has 0 atom stereocenters. The van der Waals surface area contributed by atoms with E-state index in [0.717, 1.165) is 11.4 Å². The number of benzene rings is 1. The van der Waals surface area contributed by atoms with Crippen LogP contribution in [0.4, 0.5) is 11.4 Å². The van der Waals surface area contributed by atoms with Crippen molar-refractivity contribution >= 4 is 23.6 Å². The van der Waals surface area contributed by atoms with E-state index >= 15 is 0 Å². The van der Waals surface area contributed by atoms with Gasteiger partial charge in [-0.3, -0.25) is 9.28 Å². The molecule has 1 aliphatic heterocycles. The van der Waals surface area contributed by atoms with E-state index in [4.69, 9.17) is 5.73 Å². The maximum atomic E-state index is 11.0. The van der Waals surface area contributed by atoms with Crippen molar-refractivity contribution < 1.29 is 4.79 Å². The van der Waals surface area contributed by atoms with E-state index in [9.17, 15) is 4.79 Å². The summed E-state index contributed by atoms with van der Waals surface area (Å²) in [4.78, 5) is 15.2. The molecule has 0 spiro atoms. The summed E-state index contributed by atoms with van der Waals surface area (Å²) in [6.07, 6.45) is 1.83. The summed E-state index contributed by atoms with van der Waals surface area (Å²) in [6.45, 7) is 0. The Bertz CT molecular complexity index is 435. The minimum Gasteiger partial charge on any atom is -0.366 e. The predicted molar refractivity (Wildman–Crippen MR) is 56.8 cm³/mol. The van der Waals surface area contributed by atoms with Crippen LogP contribution in [0.3, 0.4) is 0 Å². The van der Waals surface area contributed by atoms with E-state index in [-0.39, 0.29) is 0 Å². The van der Waals surface area contributed by atoms with Crippen LogP contribution in [0.1, 0.15) is 10.4 Å². The number of hydrogen-bond acceptors (Lipinski definition) is 2. The van der Waals surface area contributed by atoms with Crippen LogP contribution in [-0.4, -0.2) is 26.3 Å². The molecule has 0 radical (unpaired) electrons. The van der Waals surface area contributed by atoms with Gasteiger partial charge in [0, 0.05) is 11.6 Å². The second kappa shape index (κ2) is 2.65. The average Bonchev–Trinajstić information content (AvgIpc) is 2.42. The fourth-order valence-electron chi connectivity index (χ4n) is 1.52. The first-order chi connectivity index (χ1) is 6.50. The Balaban J connectivity index is 2.57. The minimum atomic E-state index is -0.403. The van der Waals surface area contributed by atoms with E-state index in [1.54, 1.807) is 12.1 Å². The number of nitrogens with two attached hydrogens (primary N) is 1. The summed E-state index contributed by atoms with van der Waals surface area (Å²) in [7, 11) is 4.00. The predicted octanol–water partition coefficient (Wildman–Crippen LogP) is 1.03. The molecule has 0 saturated carbocycles. The number of hydrogen-bond donors (Lipinski definition) is 1. The molecule has 0 bridgehead atoms. The molecule has 2 rings (SSSR count). The molecule has 1 aliphatic rings. The molecular weight excluding hydrogens is 178 g/mol. The molecule has 1 heterocycles. The van der Waals surface area contributed by atoms with E-state index < -0.39 is 5.91 Å². The van der Waals surface area contributed by atoms with Crippen LogP contribution in [0.25, 0.3) is 0 Å². The van der Waals surface area contributed by atoms with E-state index in [1.807, 2.05) is 26.5 Å². The Hall–Kier alpha value is -1.68. The summed E-state index contributed by atoms with van der Waals surface area (Å²) < 4.78 is 0.552. The second-order valence-corrected chi connectivity index (χ2v) is 3.85. The summed E-state index contributed by atoms with van der Waals surface area (Å²) >= 11 is 0. The first-order valence-electron chi connectivity index (χ1n) is 4.34. The number of nitrogens with zero attached hydrogens (tertiary/aromatic N) is 2. The number of carbonyl (C=O) groups is 1. The van der Waals surface area contributed by atoms with Crippen LogP contribution in [0.2, 0.25) is 0 Å². The second-order valence-electron chi connectivity index (χ2n) is 3.85. The minimum absolute atomic E-state index is 0.403. The van der Waals surface area contributed by atoms with Crippen molar-refractivity contribution in [1.82, 2.24) is 4.48 Å². The van der Waals surface area contributed by atoms with Crippen molar-refractivity contribution in [2.45, 2.75) is 0 Å². The Kier molecular flexibility index (Phi) is 1.69. The maximum Gasteiger partial charge on any atom is 0.248 e. The van der Waals surface area contributed by atoms with Gasteiger partial charge in [-0.05, 0) is 12.1 Å². The highest BCUT2D eigenvalue weighted by atomic mass is 16.1. The monoisotopic (exact) mass is 190 g/mol. The zero-order chi connectivity index (χ0) is 10.3. The van der Waals surface area contributed by atoms with Crippen LogP contribution in [0.5, 0.6) is 0 Å². The molecule has 0 unspecified atom stereocenters. The van der Waals surface area contributed by atoms with Gasteiger partial charge in [-0.2, -0.15) is 4.99 Å². The van der Waals surface area contributed by atoms with Gasteiger partial charge in [0.15, 0.2) is 12.0 Å². The lowest BCUT2D eigenvalue weighted by atomic mass is 10.1. The molecule has 14 heavy (non-hydrogen) atoms. The normalized spacial score (nSPS) is 16.7. The number of fused-ring (bicyclic) bond motifs is 1. The fraction of sp³-hybridized carbons (Fsp3) is 0.200. The molecule has 1 amide bonds. The largest absolute Gasteiger partial charge is 0.366 e. The molecule has 0 saturated heterocycles. The van der Waals surface area contributed by atoms with Gasteiger partial charge in [0.25, 0.3) is 0 Å². The third-order valence-corrected chi connectivity index (χ3v) is 2.37. The van der Waals surface area contributed by atoms with Gasteiger partial charge in [-0.25, -0.2) is 0 Å². The van der Waals surface area contributed by atoms with Crippen LogP contribution >= 0.6 is 0 Å². The summed E-state index contributed by atoms with van der Waals surface area (Å²) in [5, 5.41) is 0. The van der Waals surface area contributed by atoms with Gasteiger partial charge in [0.05, 0.1) is 14.1 Å². The number of quaternary nitrogens is 1. The zero-order valence-corrected chi connectivity index (χ0v) is 8.19. The molecule has 0 fully saturated rings. The van der Waals surface area contributed by atoms with Gasteiger partial charge >= 0.3 is 0 Å². The Morgan fingerprint density at radius 1 is 1.43 bits per heavy atom. The molecule has 2 N–H and O–H groups in total. The highest BCUT2D eigenvalue weighted by Gasteiger charge is 2.27. The Labute approximate surface area is 82.3 Å². The number of aliphatic imine (C=N–C) groups is 1. The van der Waals surface area contributed by atoms with Crippen molar-refractivity contribution in [1.29, 1.82) is 0 Å². The van der Waals surface area contributed by atoms with Gasteiger partial charge in [0.1, 0.15) is 5.69 Å². The van der Waals surface area contributed by atoms with Crippen molar-refractivity contribution in [3.8, 4) is 0 Å². The highest BCUT2D eigenvalue weighted by Crippen LogP contribution is 2.35. The first kappa shape index (κ1) is 8.90. The van der Waals surface area contributed by atoms with Gasteiger partial charge in [0.2, 0.25) is 5.91 Å². The highest BCUT2D eigenvalue weighted by molar-refractivity contribution is 5.97. The third-order valence-electron chi connectivity index (χ3n) is 2.37. The molecule has 0 aliphatic carbocycles. The molecule has 4 heteroatoms. The average molecular weight is 190 g/mol. The lowest BCUT2D eigenvalue weighted by Gasteiger charge is -2.19. The number of amides is 1. The number of rotatable bonds is 1. The standard InChI is InChI=1S/C10H11N3O/c1-13(2)6-12-8-4-3-7(10(11)14)5-9(8)13/h3-6H,1-2H3,(H-,11,14)/p+1. The quantitative estimate of drug-likeness (QED) is 0.660. The van der Waals surface area contributed by atoms with Crippen LogP contribution in [0, 0.1) is 0 Å². The summed E-state index contributed by atoms with van der Waals surface area (Å²) in [6, 6.07) is 5.31. The lowest BCUT2D eigenvalue weighted by Crippen LogP contribution is -2.36. The lowest BCUT2D eigenvalue weighted by molar-refractivity contribution is 0.100. The van der Waals surface area contributed by atoms with Crippen molar-refractivity contribution in [2.75, 3.05) is 14.1 Å². The van der Waals surface area contributed by atoms with E-state index in [1.165, 1.54) is 0 Å². The van der Waals surface area contributed by atoms with Gasteiger partial charge in [-0.15, -0.1) is 0 Å². The zero-order valence-electron chi connectivity index (χ0n) is 8.19. The van der Waals surface area contributed by atoms with Crippen LogP contribution in [0.15, 0.2) is 23.2 Å². The van der Waals surface area contributed by atoms with Gasteiger partial charge in [-0.1, -0.05) is 0 Å². The van der Waals surface area contributed by atoms with Crippen LogP contribution < -0.4 is 10.2 Å². The molecule has 1 aromatic carbocycles. The van der Waals surface area contributed by atoms with Crippen LogP contribution in [-0.2, 0) is 0 Å². The fourth-order valence-corrected chi connectivity index (χ4v) is 1.52. The topological polar surface area (TPSA) is 55.4 Å². The third kappa shape index (κ3) is 1.20. The Morgan fingerprint density at radius 2 is 2.14 bits per heavy atom. The van der Waals surface area contributed by atoms with Gasteiger partial charge < -0.3 is 5.73 Å². The summed E-state index contributed by atoms with van der Waals surface area (Å²) in [5.74, 6) is -0.403. The SMILES string of the molecule is C[N+]1(C)C=Nc2ccc(C(N)=O)cc21. The maximum absolute atomic E-state index is 11.0.